The van der Waals surface area contributed by atoms with E-state index < -0.39 is 0 Å². The normalized spacial score (nSPS) is 15.1. The van der Waals surface area contributed by atoms with Crippen LogP contribution in [0.3, 0.4) is 0 Å². The molecule has 0 amide bonds. The third kappa shape index (κ3) is 2.46. The van der Waals surface area contributed by atoms with E-state index in [0.717, 1.165) is 26.2 Å². The van der Waals surface area contributed by atoms with E-state index in [0.29, 0.717) is 39.2 Å². The van der Waals surface area contributed by atoms with Crippen LogP contribution in [0.1, 0.15) is 0 Å². The van der Waals surface area contributed by atoms with Crippen molar-refractivity contribution in [2.45, 2.75) is 0 Å². The zero-order valence-electron chi connectivity index (χ0n) is 12.5. The molecule has 0 unspecified atom stereocenters. The molecule has 22 heavy (non-hydrogen) atoms. The summed E-state index contributed by atoms with van der Waals surface area (Å²) in [6, 6.07) is 1.75. The summed E-state index contributed by atoms with van der Waals surface area (Å²) >= 11 is 6.43. The number of ether oxygens (including phenoxy) is 2. The van der Waals surface area contributed by atoms with Gasteiger partial charge in [0, 0.05) is 31.6 Å². The highest BCUT2D eigenvalue weighted by molar-refractivity contribution is 6.37. The number of piperazine rings is 1. The van der Waals surface area contributed by atoms with E-state index in [4.69, 9.17) is 26.8 Å². The first-order chi connectivity index (χ1) is 10.7. The lowest BCUT2D eigenvalue weighted by molar-refractivity contribution is 0.356. The SMILES string of the molecule is COc1cc2c(N)nc(N3CCNCC3)nc2c(Cl)c1OC. The van der Waals surface area contributed by atoms with Gasteiger partial charge in [0.15, 0.2) is 11.5 Å². The number of nitrogen functional groups attached to an aromatic ring is 1. The van der Waals surface area contributed by atoms with Gasteiger partial charge in [-0.25, -0.2) is 4.98 Å². The molecule has 1 aliphatic rings. The van der Waals surface area contributed by atoms with Crippen LogP contribution in [-0.2, 0) is 0 Å². The number of benzene rings is 1. The number of hydrogen-bond donors (Lipinski definition) is 2. The summed E-state index contributed by atoms with van der Waals surface area (Å²) in [5.41, 5.74) is 6.67. The van der Waals surface area contributed by atoms with Gasteiger partial charge in [-0.2, -0.15) is 4.98 Å². The minimum Gasteiger partial charge on any atom is -0.493 e. The fourth-order valence-electron chi connectivity index (χ4n) is 2.54. The minimum absolute atomic E-state index is 0.376. The molecule has 118 valence electrons. The van der Waals surface area contributed by atoms with Crippen molar-refractivity contribution in [1.29, 1.82) is 0 Å². The third-order valence-electron chi connectivity index (χ3n) is 3.69. The van der Waals surface area contributed by atoms with Crippen molar-refractivity contribution in [2.75, 3.05) is 51.0 Å². The van der Waals surface area contributed by atoms with Crippen LogP contribution in [0.15, 0.2) is 6.07 Å². The molecule has 0 radical (unpaired) electrons. The van der Waals surface area contributed by atoms with Crippen molar-refractivity contribution in [2.24, 2.45) is 0 Å². The summed E-state index contributed by atoms with van der Waals surface area (Å²) in [4.78, 5) is 11.1. The number of anilines is 2. The first kappa shape index (κ1) is 14.9. The zero-order valence-corrected chi connectivity index (χ0v) is 13.3. The van der Waals surface area contributed by atoms with Crippen molar-refractivity contribution in [3.8, 4) is 11.5 Å². The number of nitrogens with one attached hydrogen (secondary N) is 1. The van der Waals surface area contributed by atoms with Gasteiger partial charge in [0.05, 0.1) is 14.2 Å². The molecule has 1 aliphatic heterocycles. The predicted molar refractivity (Wildman–Crippen MR) is 87.1 cm³/mol. The Balaban J connectivity index is 2.17. The van der Waals surface area contributed by atoms with Gasteiger partial charge in [0.1, 0.15) is 16.4 Å². The minimum atomic E-state index is 0.376. The number of nitrogens with zero attached hydrogens (tertiary/aromatic N) is 3. The summed E-state index contributed by atoms with van der Waals surface area (Å²) in [6.45, 7) is 3.44. The second kappa shape index (κ2) is 6.02. The number of halogens is 1. The number of nitrogens with two attached hydrogens (primary N) is 1. The largest absolute Gasteiger partial charge is 0.493 e. The van der Waals surface area contributed by atoms with Gasteiger partial charge < -0.3 is 25.4 Å². The molecule has 0 atom stereocenters. The van der Waals surface area contributed by atoms with Crippen LogP contribution in [0, 0.1) is 0 Å². The highest BCUT2D eigenvalue weighted by Crippen LogP contribution is 2.41. The maximum Gasteiger partial charge on any atom is 0.228 e. The van der Waals surface area contributed by atoms with Crippen molar-refractivity contribution >= 4 is 34.3 Å². The van der Waals surface area contributed by atoms with Crippen LogP contribution in [-0.4, -0.2) is 50.4 Å². The molecule has 0 bridgehead atoms. The van der Waals surface area contributed by atoms with E-state index in [9.17, 15) is 0 Å². The standard InChI is InChI=1S/C14H18ClN5O2/c1-21-9-7-8-11(10(15)12(9)22-2)18-14(19-13(8)16)20-5-3-17-4-6-20/h7,17H,3-6H2,1-2H3,(H2,16,18,19). The van der Waals surface area contributed by atoms with E-state index >= 15 is 0 Å². The highest BCUT2D eigenvalue weighted by Gasteiger charge is 2.20. The summed E-state index contributed by atoms with van der Waals surface area (Å²) in [7, 11) is 3.09. The summed E-state index contributed by atoms with van der Waals surface area (Å²) in [5.74, 6) is 1.91. The molecule has 0 aliphatic carbocycles. The molecule has 0 spiro atoms. The second-order valence-electron chi connectivity index (χ2n) is 4.97. The number of methoxy groups -OCH3 is 2. The van der Waals surface area contributed by atoms with Crippen molar-refractivity contribution in [3.63, 3.8) is 0 Å². The molecule has 0 saturated carbocycles. The smallest absolute Gasteiger partial charge is 0.228 e. The number of rotatable bonds is 3. The molecule has 2 aromatic rings. The van der Waals surface area contributed by atoms with E-state index in [2.05, 4.69) is 20.2 Å². The van der Waals surface area contributed by atoms with Crippen molar-refractivity contribution in [1.82, 2.24) is 15.3 Å². The van der Waals surface area contributed by atoms with Crippen LogP contribution in [0.2, 0.25) is 5.02 Å². The molecule has 2 heterocycles. The van der Waals surface area contributed by atoms with Crippen molar-refractivity contribution < 1.29 is 9.47 Å². The summed E-state index contributed by atoms with van der Waals surface area (Å²) < 4.78 is 10.6. The molecule has 1 fully saturated rings. The molecule has 7 nitrogen and oxygen atoms in total. The third-order valence-corrected chi connectivity index (χ3v) is 4.04. The lowest BCUT2D eigenvalue weighted by Crippen LogP contribution is -2.44. The maximum absolute atomic E-state index is 6.43. The van der Waals surface area contributed by atoms with Crippen LogP contribution < -0.4 is 25.4 Å². The molecule has 8 heteroatoms. The van der Waals surface area contributed by atoms with Gasteiger partial charge in [-0.15, -0.1) is 0 Å². The lowest BCUT2D eigenvalue weighted by atomic mass is 10.2. The first-order valence-electron chi connectivity index (χ1n) is 6.99. The summed E-state index contributed by atoms with van der Waals surface area (Å²) in [5, 5.41) is 4.32. The predicted octanol–water partition coefficient (Wildman–Crippen LogP) is 1.29. The maximum atomic E-state index is 6.43. The average molecular weight is 324 g/mol. The van der Waals surface area contributed by atoms with Crippen LogP contribution in [0.25, 0.3) is 10.9 Å². The molecular weight excluding hydrogens is 306 g/mol. The van der Waals surface area contributed by atoms with Gasteiger partial charge in [-0.1, -0.05) is 11.6 Å². The molecule has 1 aromatic heterocycles. The number of fused-ring (bicyclic) bond motifs is 1. The monoisotopic (exact) mass is 323 g/mol. The molecule has 3 rings (SSSR count). The Hall–Kier alpha value is -1.99. The second-order valence-corrected chi connectivity index (χ2v) is 5.35. The Bertz CT molecular complexity index is 703. The van der Waals surface area contributed by atoms with Gasteiger partial charge in [-0.05, 0) is 6.07 Å². The van der Waals surface area contributed by atoms with E-state index in [1.165, 1.54) is 7.11 Å². The van der Waals surface area contributed by atoms with E-state index in [1.54, 1.807) is 13.2 Å². The first-order valence-corrected chi connectivity index (χ1v) is 7.37. The Morgan fingerprint density at radius 2 is 1.95 bits per heavy atom. The van der Waals surface area contributed by atoms with Gasteiger partial charge in [0.2, 0.25) is 5.95 Å². The molecule has 1 saturated heterocycles. The number of hydrogen-bond acceptors (Lipinski definition) is 7. The fraction of sp³-hybridized carbons (Fsp3) is 0.429. The molecule has 3 N–H and O–H groups in total. The number of aromatic nitrogens is 2. The zero-order chi connectivity index (χ0) is 15.7. The summed E-state index contributed by atoms with van der Waals surface area (Å²) in [6.07, 6.45) is 0. The van der Waals surface area contributed by atoms with Gasteiger partial charge in [-0.3, -0.25) is 0 Å². The molecular formula is C14H18ClN5O2. The molecule has 1 aromatic carbocycles. The Morgan fingerprint density at radius 3 is 2.59 bits per heavy atom. The van der Waals surface area contributed by atoms with E-state index in [1.807, 2.05) is 0 Å². The van der Waals surface area contributed by atoms with E-state index in [-0.39, 0.29) is 0 Å². The fourth-order valence-corrected chi connectivity index (χ4v) is 2.86. The quantitative estimate of drug-likeness (QED) is 0.880. The van der Waals surface area contributed by atoms with Crippen LogP contribution in [0.5, 0.6) is 11.5 Å². The van der Waals surface area contributed by atoms with Gasteiger partial charge >= 0.3 is 0 Å². The Labute approximate surface area is 133 Å². The topological polar surface area (TPSA) is 85.5 Å². The Morgan fingerprint density at radius 1 is 1.23 bits per heavy atom. The Kier molecular flexibility index (Phi) is 4.08. The lowest BCUT2D eigenvalue weighted by Gasteiger charge is -2.27. The van der Waals surface area contributed by atoms with Crippen molar-refractivity contribution in [3.05, 3.63) is 11.1 Å². The highest BCUT2D eigenvalue weighted by atomic mass is 35.5. The van der Waals surface area contributed by atoms with Gasteiger partial charge in [0.25, 0.3) is 0 Å². The van der Waals surface area contributed by atoms with Crippen LogP contribution >= 0.6 is 11.6 Å². The average Bonchev–Trinajstić information content (AvgIpc) is 2.56. The van der Waals surface area contributed by atoms with Crippen LogP contribution in [0.4, 0.5) is 11.8 Å².